The van der Waals surface area contributed by atoms with Gasteiger partial charge in [0.05, 0.1) is 11.3 Å². The molecule has 0 aromatic heterocycles. The molecule has 1 aliphatic carbocycles. The summed E-state index contributed by atoms with van der Waals surface area (Å²) in [6.45, 7) is 0.617. The standard InChI is InChI=1S/C22H22FNO3/c23-19-9-5-4-8-16(19)12-22(10-11-22)21(27)24-13-17(18(14-24)20(25)26)15-6-2-1-3-7-15/h1-9,17-18H,10-14H2,(H,25,26)/t17-,18-/m1/s1. The Morgan fingerprint density at radius 1 is 1.04 bits per heavy atom. The monoisotopic (exact) mass is 367 g/mol. The van der Waals surface area contributed by atoms with Crippen LogP contribution in [-0.2, 0) is 16.0 Å². The molecule has 2 atom stereocenters. The van der Waals surface area contributed by atoms with Crippen LogP contribution in [0.5, 0.6) is 0 Å². The molecule has 27 heavy (non-hydrogen) atoms. The van der Waals surface area contributed by atoms with Gasteiger partial charge in [0.1, 0.15) is 5.82 Å². The average molecular weight is 367 g/mol. The minimum absolute atomic E-state index is 0.0320. The van der Waals surface area contributed by atoms with Gasteiger partial charge in [0, 0.05) is 19.0 Å². The minimum atomic E-state index is -0.877. The van der Waals surface area contributed by atoms with Crippen molar-refractivity contribution in [2.45, 2.75) is 25.2 Å². The van der Waals surface area contributed by atoms with Gasteiger partial charge in [0.2, 0.25) is 5.91 Å². The van der Waals surface area contributed by atoms with E-state index in [1.54, 1.807) is 23.1 Å². The van der Waals surface area contributed by atoms with Crippen LogP contribution < -0.4 is 0 Å². The van der Waals surface area contributed by atoms with E-state index < -0.39 is 17.3 Å². The Bertz CT molecular complexity index is 863. The van der Waals surface area contributed by atoms with Gasteiger partial charge in [0.25, 0.3) is 0 Å². The summed E-state index contributed by atoms with van der Waals surface area (Å²) >= 11 is 0. The van der Waals surface area contributed by atoms with Gasteiger partial charge in [-0.05, 0) is 36.5 Å². The molecule has 0 bridgehead atoms. The van der Waals surface area contributed by atoms with Gasteiger partial charge >= 0.3 is 5.97 Å². The van der Waals surface area contributed by atoms with E-state index >= 15 is 0 Å². The molecule has 1 aliphatic heterocycles. The van der Waals surface area contributed by atoms with E-state index in [-0.39, 0.29) is 24.2 Å². The van der Waals surface area contributed by atoms with Gasteiger partial charge in [-0.3, -0.25) is 9.59 Å². The lowest BCUT2D eigenvalue weighted by Gasteiger charge is -2.23. The van der Waals surface area contributed by atoms with Crippen LogP contribution in [0.4, 0.5) is 4.39 Å². The van der Waals surface area contributed by atoms with Crippen molar-refractivity contribution < 1.29 is 19.1 Å². The molecule has 2 aromatic rings. The predicted octanol–water partition coefficient (Wildman–Crippen LogP) is 3.48. The Morgan fingerprint density at radius 3 is 2.33 bits per heavy atom. The zero-order valence-electron chi connectivity index (χ0n) is 15.0. The summed E-state index contributed by atoms with van der Waals surface area (Å²) in [5, 5.41) is 9.65. The average Bonchev–Trinajstić information content (AvgIpc) is 3.31. The van der Waals surface area contributed by atoms with Crippen molar-refractivity contribution in [3.05, 3.63) is 71.5 Å². The third-order valence-electron chi connectivity index (χ3n) is 5.95. The molecule has 2 fully saturated rings. The fourth-order valence-corrected chi connectivity index (χ4v) is 4.22. The van der Waals surface area contributed by atoms with Crippen LogP contribution in [0.3, 0.4) is 0 Å². The lowest BCUT2D eigenvalue weighted by Crippen LogP contribution is -2.37. The maximum atomic E-state index is 14.0. The van der Waals surface area contributed by atoms with Crippen molar-refractivity contribution in [3.63, 3.8) is 0 Å². The highest BCUT2D eigenvalue weighted by atomic mass is 19.1. The molecular weight excluding hydrogens is 345 g/mol. The van der Waals surface area contributed by atoms with Crippen molar-refractivity contribution in [2.24, 2.45) is 11.3 Å². The highest BCUT2D eigenvalue weighted by molar-refractivity contribution is 5.87. The number of nitrogens with zero attached hydrogens (tertiary/aromatic N) is 1. The largest absolute Gasteiger partial charge is 0.481 e. The van der Waals surface area contributed by atoms with E-state index in [1.165, 1.54) is 6.07 Å². The molecule has 1 saturated carbocycles. The van der Waals surface area contributed by atoms with E-state index in [0.717, 1.165) is 18.4 Å². The second kappa shape index (κ2) is 6.80. The summed E-state index contributed by atoms with van der Waals surface area (Å²) in [6.07, 6.45) is 1.83. The van der Waals surface area contributed by atoms with Crippen LogP contribution in [0.15, 0.2) is 54.6 Å². The molecule has 2 aromatic carbocycles. The molecule has 4 nitrogen and oxygen atoms in total. The summed E-state index contributed by atoms with van der Waals surface area (Å²) < 4.78 is 14.0. The highest BCUT2D eigenvalue weighted by Gasteiger charge is 2.54. The van der Waals surface area contributed by atoms with Crippen molar-refractivity contribution in [2.75, 3.05) is 13.1 Å². The van der Waals surface area contributed by atoms with Gasteiger partial charge in [-0.2, -0.15) is 0 Å². The first-order valence-electron chi connectivity index (χ1n) is 9.31. The maximum Gasteiger partial charge on any atom is 0.308 e. The first-order valence-corrected chi connectivity index (χ1v) is 9.31. The van der Waals surface area contributed by atoms with Crippen LogP contribution >= 0.6 is 0 Å². The lowest BCUT2D eigenvalue weighted by atomic mass is 9.89. The smallest absolute Gasteiger partial charge is 0.308 e. The van der Waals surface area contributed by atoms with E-state index in [1.807, 2.05) is 30.3 Å². The van der Waals surface area contributed by atoms with Gasteiger partial charge in [-0.25, -0.2) is 4.39 Å². The number of carbonyl (C=O) groups is 2. The number of hydrogen-bond acceptors (Lipinski definition) is 2. The van der Waals surface area contributed by atoms with Gasteiger partial charge in [0.15, 0.2) is 0 Å². The van der Waals surface area contributed by atoms with Crippen LogP contribution in [0, 0.1) is 17.2 Å². The Kier molecular flexibility index (Phi) is 4.46. The summed E-state index contributed by atoms with van der Waals surface area (Å²) in [5.74, 6) is -2.02. The Balaban J connectivity index is 1.54. The Morgan fingerprint density at radius 2 is 1.70 bits per heavy atom. The quantitative estimate of drug-likeness (QED) is 0.880. The topological polar surface area (TPSA) is 57.6 Å². The normalized spacial score (nSPS) is 23.2. The van der Waals surface area contributed by atoms with Crippen molar-refractivity contribution >= 4 is 11.9 Å². The lowest BCUT2D eigenvalue weighted by molar-refractivity contribution is -0.142. The van der Waals surface area contributed by atoms with Gasteiger partial charge in [-0.1, -0.05) is 48.5 Å². The van der Waals surface area contributed by atoms with E-state index in [2.05, 4.69) is 0 Å². The second-order valence-corrected chi connectivity index (χ2v) is 7.72. The molecule has 0 spiro atoms. The molecule has 1 N–H and O–H groups in total. The van der Waals surface area contributed by atoms with E-state index in [9.17, 15) is 19.1 Å². The SMILES string of the molecule is O=C(O)[C@@H]1CN(C(=O)C2(Cc3ccccc3F)CC2)C[C@@H]1c1ccccc1. The fourth-order valence-electron chi connectivity index (χ4n) is 4.22. The number of likely N-dealkylation sites (tertiary alicyclic amines) is 1. The maximum absolute atomic E-state index is 14.0. The van der Waals surface area contributed by atoms with Crippen molar-refractivity contribution in [1.29, 1.82) is 0 Å². The molecule has 0 radical (unpaired) electrons. The number of hydrogen-bond donors (Lipinski definition) is 1. The number of carboxylic acids is 1. The number of aliphatic carboxylic acids is 1. The fraction of sp³-hybridized carbons (Fsp3) is 0.364. The Labute approximate surface area is 157 Å². The molecule has 1 amide bonds. The predicted molar refractivity (Wildman–Crippen MR) is 98.7 cm³/mol. The molecule has 1 saturated heterocycles. The highest BCUT2D eigenvalue weighted by Crippen LogP contribution is 2.51. The zero-order chi connectivity index (χ0) is 19.0. The van der Waals surface area contributed by atoms with Crippen LogP contribution in [0.25, 0.3) is 0 Å². The molecule has 2 aliphatic rings. The zero-order valence-corrected chi connectivity index (χ0v) is 15.0. The van der Waals surface area contributed by atoms with Gasteiger partial charge in [-0.15, -0.1) is 0 Å². The number of carboxylic acid groups (broad SMARTS) is 1. The molecule has 5 heteroatoms. The number of rotatable bonds is 5. The van der Waals surface area contributed by atoms with E-state index in [4.69, 9.17) is 0 Å². The molecule has 1 heterocycles. The van der Waals surface area contributed by atoms with Crippen LogP contribution in [0.2, 0.25) is 0 Å². The van der Waals surface area contributed by atoms with Crippen LogP contribution in [-0.4, -0.2) is 35.0 Å². The number of halogens is 1. The summed E-state index contributed by atoms with van der Waals surface area (Å²) in [7, 11) is 0. The molecule has 4 rings (SSSR count). The first kappa shape index (κ1) is 17.7. The van der Waals surface area contributed by atoms with Gasteiger partial charge < -0.3 is 10.0 Å². The van der Waals surface area contributed by atoms with Crippen molar-refractivity contribution in [1.82, 2.24) is 4.90 Å². The number of benzene rings is 2. The molecular formula is C22H22FNO3. The summed E-state index contributed by atoms with van der Waals surface area (Å²) in [6, 6.07) is 16.1. The number of carbonyl (C=O) groups excluding carboxylic acids is 1. The van der Waals surface area contributed by atoms with E-state index in [0.29, 0.717) is 18.5 Å². The second-order valence-electron chi connectivity index (χ2n) is 7.72. The minimum Gasteiger partial charge on any atom is -0.481 e. The molecule has 140 valence electrons. The first-order chi connectivity index (χ1) is 13.0. The third-order valence-corrected chi connectivity index (χ3v) is 5.95. The third kappa shape index (κ3) is 3.34. The molecule has 0 unspecified atom stereocenters. The van der Waals surface area contributed by atoms with Crippen molar-refractivity contribution in [3.8, 4) is 0 Å². The number of amides is 1. The summed E-state index contributed by atoms with van der Waals surface area (Å²) in [5.41, 5.74) is 0.924. The summed E-state index contributed by atoms with van der Waals surface area (Å²) in [4.78, 5) is 26.7. The Hall–Kier alpha value is -2.69. The van der Waals surface area contributed by atoms with Crippen LogP contribution in [0.1, 0.15) is 29.9 Å².